The average molecular weight is 254 g/mol. The summed E-state index contributed by atoms with van der Waals surface area (Å²) in [4.78, 5) is 12.2. The fourth-order valence-corrected chi connectivity index (χ4v) is 1.85. The summed E-state index contributed by atoms with van der Waals surface area (Å²) in [6.07, 6.45) is 1.04. The first-order valence-corrected chi connectivity index (χ1v) is 5.84. The van der Waals surface area contributed by atoms with Crippen molar-refractivity contribution in [1.82, 2.24) is 15.0 Å². The standard InChI is InChI=1S/C10H18N6O2/c1-6(7-3-4-18-5-7)12-8-13-9(16-11)15-10(14-8)17-2/h6-7H,3-5,11H2,1-2H3,(H2,12,13,14,15,16). The molecule has 0 aliphatic carbocycles. The Morgan fingerprint density at radius 1 is 1.39 bits per heavy atom. The first-order chi connectivity index (χ1) is 8.72. The van der Waals surface area contributed by atoms with Gasteiger partial charge in [0, 0.05) is 18.6 Å². The number of hydrazine groups is 1. The molecule has 100 valence electrons. The van der Waals surface area contributed by atoms with Gasteiger partial charge in [0.15, 0.2) is 0 Å². The molecular formula is C10H18N6O2. The lowest BCUT2D eigenvalue weighted by Gasteiger charge is -2.19. The number of hydrogen-bond acceptors (Lipinski definition) is 8. The van der Waals surface area contributed by atoms with Crippen LogP contribution in [0.15, 0.2) is 0 Å². The van der Waals surface area contributed by atoms with Gasteiger partial charge in [0.1, 0.15) is 0 Å². The van der Waals surface area contributed by atoms with E-state index in [0.29, 0.717) is 11.9 Å². The van der Waals surface area contributed by atoms with Gasteiger partial charge in [0.25, 0.3) is 0 Å². The van der Waals surface area contributed by atoms with Gasteiger partial charge < -0.3 is 14.8 Å². The molecule has 2 rings (SSSR count). The van der Waals surface area contributed by atoms with Gasteiger partial charge in [-0.15, -0.1) is 0 Å². The molecule has 2 unspecified atom stereocenters. The highest BCUT2D eigenvalue weighted by molar-refractivity contribution is 5.35. The highest BCUT2D eigenvalue weighted by Crippen LogP contribution is 2.19. The van der Waals surface area contributed by atoms with Crippen LogP contribution in [-0.2, 0) is 4.74 Å². The van der Waals surface area contributed by atoms with Crippen molar-refractivity contribution in [3.8, 4) is 6.01 Å². The zero-order valence-corrected chi connectivity index (χ0v) is 10.5. The Balaban J connectivity index is 2.07. The predicted molar refractivity (Wildman–Crippen MR) is 66.2 cm³/mol. The Labute approximate surface area is 105 Å². The van der Waals surface area contributed by atoms with Crippen LogP contribution in [0.1, 0.15) is 13.3 Å². The maximum absolute atomic E-state index is 5.36. The lowest BCUT2D eigenvalue weighted by Crippen LogP contribution is -2.27. The summed E-state index contributed by atoms with van der Waals surface area (Å²) in [5, 5.41) is 3.22. The van der Waals surface area contributed by atoms with Crippen molar-refractivity contribution in [1.29, 1.82) is 0 Å². The minimum Gasteiger partial charge on any atom is -0.467 e. The van der Waals surface area contributed by atoms with Crippen LogP contribution in [-0.4, -0.2) is 41.3 Å². The summed E-state index contributed by atoms with van der Waals surface area (Å²) in [5.41, 5.74) is 2.38. The molecule has 0 aromatic carbocycles. The van der Waals surface area contributed by atoms with Crippen LogP contribution >= 0.6 is 0 Å². The molecule has 1 aromatic heterocycles. The number of anilines is 2. The normalized spacial score (nSPS) is 20.5. The highest BCUT2D eigenvalue weighted by Gasteiger charge is 2.23. The van der Waals surface area contributed by atoms with Gasteiger partial charge in [-0.25, -0.2) is 5.84 Å². The lowest BCUT2D eigenvalue weighted by atomic mass is 10.0. The number of nitrogens with zero attached hydrogens (tertiary/aromatic N) is 3. The third-order valence-corrected chi connectivity index (χ3v) is 2.96. The Morgan fingerprint density at radius 3 is 2.78 bits per heavy atom. The van der Waals surface area contributed by atoms with Crippen molar-refractivity contribution in [3.63, 3.8) is 0 Å². The molecule has 2 atom stereocenters. The van der Waals surface area contributed by atoms with Gasteiger partial charge in [0.05, 0.1) is 13.7 Å². The molecule has 0 saturated carbocycles. The van der Waals surface area contributed by atoms with Crippen molar-refractivity contribution in [3.05, 3.63) is 0 Å². The topological polar surface area (TPSA) is 107 Å². The smallest absolute Gasteiger partial charge is 0.322 e. The molecule has 4 N–H and O–H groups in total. The summed E-state index contributed by atoms with van der Waals surface area (Å²) in [6.45, 7) is 3.65. The molecular weight excluding hydrogens is 236 g/mol. The van der Waals surface area contributed by atoms with Crippen LogP contribution in [0.5, 0.6) is 6.01 Å². The van der Waals surface area contributed by atoms with E-state index in [1.165, 1.54) is 7.11 Å². The van der Waals surface area contributed by atoms with E-state index >= 15 is 0 Å². The molecule has 0 bridgehead atoms. The third-order valence-electron chi connectivity index (χ3n) is 2.96. The van der Waals surface area contributed by atoms with E-state index in [1.807, 2.05) is 0 Å². The van der Waals surface area contributed by atoms with Crippen molar-refractivity contribution < 1.29 is 9.47 Å². The van der Waals surface area contributed by atoms with E-state index in [2.05, 4.69) is 32.6 Å². The zero-order valence-electron chi connectivity index (χ0n) is 10.5. The van der Waals surface area contributed by atoms with Gasteiger partial charge in [0.2, 0.25) is 11.9 Å². The summed E-state index contributed by atoms with van der Waals surface area (Å²) in [5.74, 6) is 6.45. The number of aromatic nitrogens is 3. The van der Waals surface area contributed by atoms with Crippen LogP contribution in [0.3, 0.4) is 0 Å². The molecule has 1 aliphatic heterocycles. The van der Waals surface area contributed by atoms with Crippen molar-refractivity contribution >= 4 is 11.9 Å². The van der Waals surface area contributed by atoms with Crippen LogP contribution < -0.4 is 21.3 Å². The first-order valence-electron chi connectivity index (χ1n) is 5.84. The molecule has 0 radical (unpaired) electrons. The number of rotatable bonds is 5. The Morgan fingerprint density at radius 2 is 2.17 bits per heavy atom. The summed E-state index contributed by atoms with van der Waals surface area (Å²) < 4.78 is 10.3. The molecule has 1 saturated heterocycles. The van der Waals surface area contributed by atoms with Crippen LogP contribution in [0.4, 0.5) is 11.9 Å². The predicted octanol–water partition coefficient (Wildman–Crippen LogP) is 0.00270. The number of nitrogen functional groups attached to an aromatic ring is 1. The van der Waals surface area contributed by atoms with E-state index in [1.54, 1.807) is 0 Å². The number of nitrogens with one attached hydrogen (secondary N) is 2. The van der Waals surface area contributed by atoms with E-state index in [9.17, 15) is 0 Å². The van der Waals surface area contributed by atoms with Crippen molar-refractivity contribution in [2.75, 3.05) is 31.1 Å². The largest absolute Gasteiger partial charge is 0.467 e. The molecule has 2 heterocycles. The van der Waals surface area contributed by atoms with E-state index in [4.69, 9.17) is 15.3 Å². The molecule has 0 spiro atoms. The maximum atomic E-state index is 5.36. The second-order valence-corrected chi connectivity index (χ2v) is 4.17. The summed E-state index contributed by atoms with van der Waals surface area (Å²) in [6, 6.07) is 0.431. The molecule has 8 heteroatoms. The van der Waals surface area contributed by atoms with Gasteiger partial charge in [-0.05, 0) is 13.3 Å². The van der Waals surface area contributed by atoms with Gasteiger partial charge in [-0.2, -0.15) is 15.0 Å². The summed E-state index contributed by atoms with van der Waals surface area (Å²) in [7, 11) is 1.49. The van der Waals surface area contributed by atoms with Crippen molar-refractivity contribution in [2.45, 2.75) is 19.4 Å². The average Bonchev–Trinajstić information content (AvgIpc) is 2.92. The Hall–Kier alpha value is -1.67. The molecule has 1 aromatic rings. The first kappa shape index (κ1) is 12.8. The number of nitrogens with two attached hydrogens (primary N) is 1. The zero-order chi connectivity index (χ0) is 13.0. The number of ether oxygens (including phenoxy) is 2. The Kier molecular flexibility index (Phi) is 4.11. The van der Waals surface area contributed by atoms with Gasteiger partial charge in [-0.3, -0.25) is 5.43 Å². The van der Waals surface area contributed by atoms with Crippen molar-refractivity contribution in [2.24, 2.45) is 11.8 Å². The SMILES string of the molecule is COc1nc(NN)nc(NC(C)C2CCOC2)n1. The highest BCUT2D eigenvalue weighted by atomic mass is 16.5. The monoisotopic (exact) mass is 254 g/mol. The summed E-state index contributed by atoms with van der Waals surface area (Å²) >= 11 is 0. The fourth-order valence-electron chi connectivity index (χ4n) is 1.85. The van der Waals surface area contributed by atoms with Crippen LogP contribution in [0, 0.1) is 5.92 Å². The second kappa shape index (κ2) is 5.78. The maximum Gasteiger partial charge on any atom is 0.322 e. The number of hydrogen-bond donors (Lipinski definition) is 3. The van der Waals surface area contributed by atoms with Crippen LogP contribution in [0.2, 0.25) is 0 Å². The quantitative estimate of drug-likeness (QED) is 0.498. The lowest BCUT2D eigenvalue weighted by molar-refractivity contribution is 0.183. The van der Waals surface area contributed by atoms with Crippen LogP contribution in [0.25, 0.3) is 0 Å². The third kappa shape index (κ3) is 2.96. The fraction of sp³-hybridized carbons (Fsp3) is 0.700. The van der Waals surface area contributed by atoms with E-state index in [-0.39, 0.29) is 18.0 Å². The van der Waals surface area contributed by atoms with Gasteiger partial charge in [-0.1, -0.05) is 0 Å². The number of methoxy groups -OCH3 is 1. The molecule has 0 amide bonds. The van der Waals surface area contributed by atoms with E-state index < -0.39 is 0 Å². The minimum atomic E-state index is 0.213. The molecule has 8 nitrogen and oxygen atoms in total. The minimum absolute atomic E-state index is 0.213. The molecule has 1 aliphatic rings. The van der Waals surface area contributed by atoms with Gasteiger partial charge >= 0.3 is 6.01 Å². The Bertz CT molecular complexity index is 374. The van der Waals surface area contributed by atoms with E-state index in [0.717, 1.165) is 19.6 Å². The molecule has 18 heavy (non-hydrogen) atoms. The molecule has 1 fully saturated rings. The second-order valence-electron chi connectivity index (χ2n) is 4.17.